The molecule has 0 amide bonds. The molecule has 0 heterocycles. The van der Waals surface area contributed by atoms with Crippen LogP contribution in [0, 0.1) is 0 Å². The smallest absolute Gasteiger partial charge is 0.318 e. The Kier molecular flexibility index (Phi) is 1.53. The number of hydrogen-bond acceptors (Lipinski definition) is 1. The molecule has 0 aromatic carbocycles. The Morgan fingerprint density at radius 3 is 2.20 bits per heavy atom. The van der Waals surface area contributed by atoms with Gasteiger partial charge in [0.2, 0.25) is 0 Å². The normalized spacial score (nSPS) is 7.40. The minimum atomic E-state index is -1.08. The first-order valence-electron chi connectivity index (χ1n) is 1.13. The Morgan fingerprint density at radius 1 is 2.00 bits per heavy atom. The van der Waals surface area contributed by atoms with Crippen molar-refractivity contribution in [2.24, 2.45) is 0 Å². The third kappa shape index (κ3) is 3.43. The van der Waals surface area contributed by atoms with Crippen molar-refractivity contribution in [3.63, 3.8) is 0 Å². The predicted octanol–water partition coefficient (Wildman–Crippen LogP) is -0.646. The van der Waals surface area contributed by atoms with Crippen LogP contribution in [0.15, 0.2) is 0 Å². The standard InChI is InChI=1S/C2H4NO2/c3-1-2(4)5/h3H,1H2,(H,4,5). The molecule has 0 aromatic rings. The number of nitrogens with one attached hydrogen (secondary N) is 1. The molecule has 3 nitrogen and oxygen atoms in total. The molecule has 29 valence electrons. The zero-order valence-corrected chi connectivity index (χ0v) is 2.56. The van der Waals surface area contributed by atoms with E-state index < -0.39 is 12.5 Å². The molecule has 0 aliphatic rings. The van der Waals surface area contributed by atoms with E-state index in [1.54, 1.807) is 0 Å². The predicted molar refractivity (Wildman–Crippen MR) is 15.6 cm³/mol. The van der Waals surface area contributed by atoms with Crippen LogP contribution in [0.3, 0.4) is 0 Å². The highest BCUT2D eigenvalue weighted by Gasteiger charge is 1.82. The Labute approximate surface area is 29.4 Å². The van der Waals surface area contributed by atoms with E-state index >= 15 is 0 Å². The van der Waals surface area contributed by atoms with Gasteiger partial charge in [-0.2, -0.15) is 0 Å². The minimum Gasteiger partial charge on any atom is -0.480 e. The molecule has 0 aliphatic carbocycles. The van der Waals surface area contributed by atoms with Gasteiger partial charge < -0.3 is 5.11 Å². The van der Waals surface area contributed by atoms with Gasteiger partial charge in [0.05, 0.1) is 0 Å². The maximum atomic E-state index is 9.18. The molecule has 0 unspecified atom stereocenters. The molecule has 3 heteroatoms. The van der Waals surface area contributed by atoms with Gasteiger partial charge in [0.1, 0.15) is 6.54 Å². The molecule has 0 bridgehead atoms. The molecule has 0 atom stereocenters. The fourth-order valence-electron chi connectivity index (χ4n) is 0. The quantitative estimate of drug-likeness (QED) is 0.449. The topological polar surface area (TPSA) is 61.1 Å². The fraction of sp³-hybridized carbons (Fsp3) is 0.500. The molecule has 0 fully saturated rings. The maximum Gasteiger partial charge on any atom is 0.318 e. The van der Waals surface area contributed by atoms with E-state index in [-0.39, 0.29) is 0 Å². The van der Waals surface area contributed by atoms with Crippen LogP contribution in [0.25, 0.3) is 0 Å². The molecular formula is C2H4NO2. The van der Waals surface area contributed by atoms with Crippen LogP contribution >= 0.6 is 0 Å². The van der Waals surface area contributed by atoms with Crippen LogP contribution in [-0.4, -0.2) is 17.6 Å². The average Bonchev–Trinajstić information content (AvgIpc) is 1.38. The van der Waals surface area contributed by atoms with Gasteiger partial charge in [-0.05, 0) is 0 Å². The lowest BCUT2D eigenvalue weighted by Crippen LogP contribution is -2.00. The van der Waals surface area contributed by atoms with Gasteiger partial charge in [0, 0.05) is 0 Å². The van der Waals surface area contributed by atoms with Gasteiger partial charge in [0.15, 0.2) is 0 Å². The van der Waals surface area contributed by atoms with Crippen LogP contribution in [-0.2, 0) is 4.79 Å². The third-order valence-electron chi connectivity index (χ3n) is 0.151. The molecule has 0 aromatic heterocycles. The van der Waals surface area contributed by atoms with E-state index in [2.05, 4.69) is 0 Å². The summed E-state index contributed by atoms with van der Waals surface area (Å²) in [4.78, 5) is 9.18. The van der Waals surface area contributed by atoms with Crippen molar-refractivity contribution in [2.45, 2.75) is 0 Å². The minimum absolute atomic E-state index is 0.528. The van der Waals surface area contributed by atoms with Crippen molar-refractivity contribution in [3.05, 3.63) is 0 Å². The van der Waals surface area contributed by atoms with Crippen molar-refractivity contribution in [1.29, 1.82) is 0 Å². The summed E-state index contributed by atoms with van der Waals surface area (Å²) in [6.45, 7) is -0.528. The van der Waals surface area contributed by atoms with Crippen molar-refractivity contribution < 1.29 is 9.90 Å². The van der Waals surface area contributed by atoms with E-state index in [0.717, 1.165) is 0 Å². The first-order valence-corrected chi connectivity index (χ1v) is 1.13. The van der Waals surface area contributed by atoms with Gasteiger partial charge in [-0.25, -0.2) is 5.73 Å². The van der Waals surface area contributed by atoms with Crippen molar-refractivity contribution in [1.82, 2.24) is 5.73 Å². The van der Waals surface area contributed by atoms with Crippen molar-refractivity contribution in [2.75, 3.05) is 6.54 Å². The number of carbonyl (C=O) groups is 1. The second-order valence-corrected chi connectivity index (χ2v) is 0.571. The van der Waals surface area contributed by atoms with Gasteiger partial charge in [0.25, 0.3) is 0 Å². The van der Waals surface area contributed by atoms with Crippen LogP contribution in [0.5, 0.6) is 0 Å². The molecular weight excluding hydrogens is 70.0 g/mol. The monoisotopic (exact) mass is 74.0 g/mol. The summed E-state index contributed by atoms with van der Waals surface area (Å²) in [6.07, 6.45) is 0. The Morgan fingerprint density at radius 2 is 2.20 bits per heavy atom. The van der Waals surface area contributed by atoms with Crippen LogP contribution < -0.4 is 5.73 Å². The molecule has 0 rings (SSSR count). The zero-order chi connectivity index (χ0) is 4.28. The highest BCUT2D eigenvalue weighted by molar-refractivity contribution is 5.68. The Hall–Kier alpha value is -0.570. The third-order valence-corrected chi connectivity index (χ3v) is 0.151. The molecule has 0 aliphatic heterocycles. The lowest BCUT2D eigenvalue weighted by Gasteiger charge is -1.71. The van der Waals surface area contributed by atoms with Gasteiger partial charge in [-0.15, -0.1) is 0 Å². The summed E-state index contributed by atoms with van der Waals surface area (Å²) < 4.78 is 0. The average molecular weight is 74.1 g/mol. The number of aliphatic carboxylic acids is 1. The van der Waals surface area contributed by atoms with Crippen molar-refractivity contribution >= 4 is 5.97 Å². The lowest BCUT2D eigenvalue weighted by molar-refractivity contribution is -0.135. The van der Waals surface area contributed by atoms with E-state index in [9.17, 15) is 4.79 Å². The lowest BCUT2D eigenvalue weighted by atomic mass is 10.7. The Balaban J connectivity index is 2.85. The van der Waals surface area contributed by atoms with Crippen LogP contribution in [0.4, 0.5) is 0 Å². The van der Waals surface area contributed by atoms with Gasteiger partial charge in [-0.3, -0.25) is 4.79 Å². The van der Waals surface area contributed by atoms with E-state index in [4.69, 9.17) is 10.8 Å². The molecule has 5 heavy (non-hydrogen) atoms. The zero-order valence-electron chi connectivity index (χ0n) is 2.56. The van der Waals surface area contributed by atoms with Crippen LogP contribution in [0.2, 0.25) is 0 Å². The summed E-state index contributed by atoms with van der Waals surface area (Å²) >= 11 is 0. The van der Waals surface area contributed by atoms with E-state index in [1.807, 2.05) is 0 Å². The summed E-state index contributed by atoms with van der Waals surface area (Å²) in [7, 11) is 0. The molecule has 2 N–H and O–H groups in total. The molecule has 0 saturated carbocycles. The summed E-state index contributed by atoms with van der Waals surface area (Å²) in [5.74, 6) is -1.08. The van der Waals surface area contributed by atoms with E-state index in [0.29, 0.717) is 0 Å². The largest absolute Gasteiger partial charge is 0.480 e. The first-order chi connectivity index (χ1) is 2.27. The number of hydrogen-bond donors (Lipinski definition) is 1. The highest BCUT2D eigenvalue weighted by atomic mass is 16.4. The Bertz CT molecular complexity index is 42.9. The summed E-state index contributed by atoms with van der Waals surface area (Å²) in [6, 6.07) is 0. The molecule has 1 radical (unpaired) electrons. The second-order valence-electron chi connectivity index (χ2n) is 0.571. The number of carboxylic acid groups (broad SMARTS) is 1. The SMILES string of the molecule is [NH]CC(=O)O. The second kappa shape index (κ2) is 1.72. The molecule has 0 spiro atoms. The molecule has 0 saturated heterocycles. The highest BCUT2D eigenvalue weighted by Crippen LogP contribution is 1.47. The summed E-state index contributed by atoms with van der Waals surface area (Å²) in [5.41, 5.74) is 6.06. The van der Waals surface area contributed by atoms with E-state index in [1.165, 1.54) is 0 Å². The fourth-order valence-corrected chi connectivity index (χ4v) is 0. The van der Waals surface area contributed by atoms with Gasteiger partial charge in [-0.1, -0.05) is 0 Å². The van der Waals surface area contributed by atoms with Gasteiger partial charge >= 0.3 is 5.97 Å². The summed E-state index contributed by atoms with van der Waals surface area (Å²) in [5, 5.41) is 7.53. The van der Waals surface area contributed by atoms with Crippen LogP contribution in [0.1, 0.15) is 0 Å². The maximum absolute atomic E-state index is 9.18. The van der Waals surface area contributed by atoms with Crippen molar-refractivity contribution in [3.8, 4) is 0 Å². The number of carboxylic acids is 1. The first kappa shape index (κ1) is 4.43. The number of rotatable bonds is 1.